The number of ether oxygens (including phenoxy) is 1. The molecule has 1 aliphatic heterocycles. The highest BCUT2D eigenvalue weighted by Gasteiger charge is 2.32. The van der Waals surface area contributed by atoms with Crippen molar-refractivity contribution in [3.8, 4) is 11.3 Å². The van der Waals surface area contributed by atoms with Crippen molar-refractivity contribution in [1.29, 1.82) is 0 Å². The van der Waals surface area contributed by atoms with Gasteiger partial charge in [-0.1, -0.05) is 13.8 Å². The second-order valence-corrected chi connectivity index (χ2v) is 7.05. The van der Waals surface area contributed by atoms with E-state index in [0.29, 0.717) is 18.9 Å². The van der Waals surface area contributed by atoms with Crippen molar-refractivity contribution < 1.29 is 4.74 Å². The summed E-state index contributed by atoms with van der Waals surface area (Å²) in [5.74, 6) is 1.72. The average Bonchev–Trinajstić information content (AvgIpc) is 3.17. The zero-order valence-electron chi connectivity index (χ0n) is 15.8. The predicted octanol–water partition coefficient (Wildman–Crippen LogP) is 2.27. The SMILES string of the molecule is CC(C)c1nccc(NC2COCC2n2nc(-c3cccnc3)ccc2=O)n1. The smallest absolute Gasteiger partial charge is 0.267 e. The highest BCUT2D eigenvalue weighted by molar-refractivity contribution is 5.56. The summed E-state index contributed by atoms with van der Waals surface area (Å²) in [4.78, 5) is 25.5. The van der Waals surface area contributed by atoms with Crippen molar-refractivity contribution in [3.05, 3.63) is 65.1 Å². The standard InChI is InChI=1S/C20H22N6O2/c1-13(2)20-22-9-7-18(24-20)23-16-11-28-12-17(16)26-19(27)6-5-15(25-26)14-4-3-8-21-10-14/h3-10,13,16-17H,11-12H2,1-2H3,(H,22,23,24). The van der Waals surface area contributed by atoms with Crippen molar-refractivity contribution in [2.24, 2.45) is 0 Å². The van der Waals surface area contributed by atoms with E-state index in [1.807, 2.05) is 32.0 Å². The maximum atomic E-state index is 12.5. The molecule has 8 nitrogen and oxygen atoms in total. The third-order valence-electron chi connectivity index (χ3n) is 4.67. The Balaban J connectivity index is 1.62. The molecule has 0 saturated carbocycles. The molecule has 3 aromatic heterocycles. The fourth-order valence-electron chi connectivity index (χ4n) is 3.18. The molecule has 144 valence electrons. The van der Waals surface area contributed by atoms with E-state index in [0.717, 1.165) is 17.2 Å². The van der Waals surface area contributed by atoms with Gasteiger partial charge in [0.1, 0.15) is 17.7 Å². The molecule has 1 saturated heterocycles. The Labute approximate surface area is 162 Å². The van der Waals surface area contributed by atoms with Crippen LogP contribution in [0.4, 0.5) is 5.82 Å². The predicted molar refractivity (Wildman–Crippen MR) is 105 cm³/mol. The lowest BCUT2D eigenvalue weighted by Crippen LogP contribution is -2.37. The van der Waals surface area contributed by atoms with Gasteiger partial charge < -0.3 is 10.1 Å². The lowest BCUT2D eigenvalue weighted by molar-refractivity contribution is 0.183. The minimum absolute atomic E-state index is 0.121. The molecule has 2 atom stereocenters. The van der Waals surface area contributed by atoms with Crippen LogP contribution >= 0.6 is 0 Å². The fourth-order valence-corrected chi connectivity index (χ4v) is 3.18. The van der Waals surface area contributed by atoms with E-state index in [1.54, 1.807) is 24.7 Å². The first-order valence-electron chi connectivity index (χ1n) is 9.29. The fraction of sp³-hybridized carbons (Fsp3) is 0.350. The Bertz CT molecular complexity index is 1000. The molecule has 0 aliphatic carbocycles. The highest BCUT2D eigenvalue weighted by atomic mass is 16.5. The molecule has 8 heteroatoms. The van der Waals surface area contributed by atoms with Crippen LogP contribution < -0.4 is 10.9 Å². The first-order chi connectivity index (χ1) is 13.6. The minimum Gasteiger partial charge on any atom is -0.377 e. The molecule has 1 aliphatic rings. The van der Waals surface area contributed by atoms with Crippen LogP contribution in [0.1, 0.15) is 31.6 Å². The maximum absolute atomic E-state index is 12.5. The van der Waals surface area contributed by atoms with Crippen molar-refractivity contribution in [3.63, 3.8) is 0 Å². The van der Waals surface area contributed by atoms with Gasteiger partial charge in [-0.2, -0.15) is 5.10 Å². The molecular formula is C20H22N6O2. The molecule has 0 spiro atoms. The monoisotopic (exact) mass is 378 g/mol. The average molecular weight is 378 g/mol. The summed E-state index contributed by atoms with van der Waals surface area (Å²) in [5, 5.41) is 7.96. The van der Waals surface area contributed by atoms with Crippen LogP contribution in [0.15, 0.2) is 53.7 Å². The quantitative estimate of drug-likeness (QED) is 0.728. The third kappa shape index (κ3) is 3.77. The minimum atomic E-state index is -0.235. The second-order valence-electron chi connectivity index (χ2n) is 7.05. The van der Waals surface area contributed by atoms with E-state index in [-0.39, 0.29) is 23.6 Å². The number of nitrogens with one attached hydrogen (secondary N) is 1. The Morgan fingerprint density at radius 3 is 2.86 bits per heavy atom. The molecule has 28 heavy (non-hydrogen) atoms. The van der Waals surface area contributed by atoms with Gasteiger partial charge in [0.15, 0.2) is 0 Å². The number of hydrogen-bond acceptors (Lipinski definition) is 7. The summed E-state index contributed by atoms with van der Waals surface area (Å²) >= 11 is 0. The number of nitrogens with zero attached hydrogens (tertiary/aromatic N) is 5. The lowest BCUT2D eigenvalue weighted by atomic mass is 10.1. The Morgan fingerprint density at radius 1 is 1.18 bits per heavy atom. The Kier molecular flexibility index (Phi) is 5.12. The van der Waals surface area contributed by atoms with Gasteiger partial charge in [0.2, 0.25) is 0 Å². The molecule has 0 aromatic carbocycles. The summed E-state index contributed by atoms with van der Waals surface area (Å²) in [7, 11) is 0. The topological polar surface area (TPSA) is 94.8 Å². The van der Waals surface area contributed by atoms with E-state index in [2.05, 4.69) is 25.4 Å². The molecule has 4 rings (SSSR count). The van der Waals surface area contributed by atoms with Gasteiger partial charge in [-0.15, -0.1) is 0 Å². The van der Waals surface area contributed by atoms with Crippen LogP contribution in [0, 0.1) is 0 Å². The van der Waals surface area contributed by atoms with Gasteiger partial charge in [0, 0.05) is 36.1 Å². The van der Waals surface area contributed by atoms with Crippen LogP contribution in [0.3, 0.4) is 0 Å². The first-order valence-corrected chi connectivity index (χ1v) is 9.29. The van der Waals surface area contributed by atoms with Crippen LogP contribution in [0.2, 0.25) is 0 Å². The molecule has 2 unspecified atom stereocenters. The number of anilines is 1. The first kappa shape index (κ1) is 18.2. The molecule has 3 aromatic rings. The van der Waals surface area contributed by atoms with Crippen molar-refractivity contribution in [1.82, 2.24) is 24.7 Å². The molecule has 0 bridgehead atoms. The Morgan fingerprint density at radius 2 is 2.07 bits per heavy atom. The summed E-state index contributed by atoms with van der Waals surface area (Å²) in [6.45, 7) is 4.97. The lowest BCUT2D eigenvalue weighted by Gasteiger charge is -2.21. The summed E-state index contributed by atoms with van der Waals surface area (Å²) < 4.78 is 7.15. The molecule has 4 heterocycles. The van der Waals surface area contributed by atoms with Crippen molar-refractivity contribution in [2.75, 3.05) is 18.5 Å². The molecular weight excluding hydrogens is 356 g/mol. The summed E-state index contributed by atoms with van der Waals surface area (Å²) in [6, 6.07) is 8.48. The van der Waals surface area contributed by atoms with E-state index in [1.165, 1.54) is 10.7 Å². The van der Waals surface area contributed by atoms with E-state index in [9.17, 15) is 4.79 Å². The van der Waals surface area contributed by atoms with Crippen LogP contribution in [0.25, 0.3) is 11.3 Å². The maximum Gasteiger partial charge on any atom is 0.267 e. The largest absolute Gasteiger partial charge is 0.377 e. The second kappa shape index (κ2) is 7.85. The number of rotatable bonds is 5. The van der Waals surface area contributed by atoms with Gasteiger partial charge in [-0.05, 0) is 24.3 Å². The normalized spacial score (nSPS) is 19.1. The highest BCUT2D eigenvalue weighted by Crippen LogP contribution is 2.23. The third-order valence-corrected chi connectivity index (χ3v) is 4.67. The van der Waals surface area contributed by atoms with Gasteiger partial charge >= 0.3 is 0 Å². The van der Waals surface area contributed by atoms with Crippen LogP contribution in [-0.2, 0) is 4.74 Å². The van der Waals surface area contributed by atoms with E-state index >= 15 is 0 Å². The van der Waals surface area contributed by atoms with Crippen LogP contribution in [-0.4, -0.2) is 44.0 Å². The Hall–Kier alpha value is -3.13. The van der Waals surface area contributed by atoms with Gasteiger partial charge in [0.25, 0.3) is 5.56 Å². The molecule has 1 fully saturated rings. The summed E-state index contributed by atoms with van der Waals surface area (Å²) in [6.07, 6.45) is 5.17. The zero-order valence-corrected chi connectivity index (χ0v) is 15.8. The van der Waals surface area contributed by atoms with E-state index in [4.69, 9.17) is 4.74 Å². The van der Waals surface area contributed by atoms with Crippen molar-refractivity contribution >= 4 is 5.82 Å². The van der Waals surface area contributed by atoms with Crippen LogP contribution in [0.5, 0.6) is 0 Å². The van der Waals surface area contributed by atoms with Gasteiger partial charge in [-0.3, -0.25) is 9.78 Å². The number of pyridine rings is 1. The number of aromatic nitrogens is 5. The molecule has 1 N–H and O–H groups in total. The molecule has 0 radical (unpaired) electrons. The zero-order chi connectivity index (χ0) is 19.5. The van der Waals surface area contributed by atoms with Crippen molar-refractivity contribution in [2.45, 2.75) is 31.8 Å². The number of hydrogen-bond donors (Lipinski definition) is 1. The van der Waals surface area contributed by atoms with E-state index < -0.39 is 0 Å². The van der Waals surface area contributed by atoms with Gasteiger partial charge in [0.05, 0.1) is 24.9 Å². The summed E-state index contributed by atoms with van der Waals surface area (Å²) in [5.41, 5.74) is 1.39. The van der Waals surface area contributed by atoms with Gasteiger partial charge in [-0.25, -0.2) is 14.6 Å². The molecule has 0 amide bonds.